The summed E-state index contributed by atoms with van der Waals surface area (Å²) < 4.78 is 10.1. The van der Waals surface area contributed by atoms with Crippen LogP contribution in [0.5, 0.6) is 0 Å². The number of hydrogen-bond donors (Lipinski definition) is 2. The fraction of sp³-hybridized carbons (Fsp3) is 0.375. The molecule has 2 rings (SSSR count). The molecule has 0 spiro atoms. The zero-order valence-electron chi connectivity index (χ0n) is 17.8. The van der Waals surface area contributed by atoms with Crippen molar-refractivity contribution in [2.45, 2.75) is 44.9 Å². The van der Waals surface area contributed by atoms with Gasteiger partial charge in [0.2, 0.25) is 0 Å². The Morgan fingerprint density at radius 1 is 0.968 bits per heavy atom. The van der Waals surface area contributed by atoms with Crippen molar-refractivity contribution < 1.29 is 29.0 Å². The molecular weight excluding hydrogens is 398 g/mol. The normalized spacial score (nSPS) is 13.5. The summed E-state index contributed by atoms with van der Waals surface area (Å²) in [4.78, 5) is 36.7. The quantitative estimate of drug-likeness (QED) is 0.535. The van der Waals surface area contributed by atoms with Crippen LogP contribution in [-0.4, -0.2) is 42.2 Å². The zero-order valence-corrected chi connectivity index (χ0v) is 17.8. The maximum absolute atomic E-state index is 12.4. The van der Waals surface area contributed by atoms with Crippen LogP contribution in [0.2, 0.25) is 0 Å². The molecule has 3 atom stereocenters. The summed E-state index contributed by atoms with van der Waals surface area (Å²) in [6, 6.07) is 17.6. The molecule has 0 bridgehead atoms. The predicted molar refractivity (Wildman–Crippen MR) is 115 cm³/mol. The summed E-state index contributed by atoms with van der Waals surface area (Å²) in [6.07, 6.45) is -1.76. The Hall–Kier alpha value is -3.19. The Morgan fingerprint density at radius 2 is 1.55 bits per heavy atom. The Labute approximate surface area is 182 Å². The molecule has 0 aliphatic heterocycles. The summed E-state index contributed by atoms with van der Waals surface area (Å²) in [5, 5.41) is 13.6. The van der Waals surface area contributed by atoms with E-state index < -0.39 is 30.1 Å². The van der Waals surface area contributed by atoms with Gasteiger partial charge in [0.15, 0.2) is 0 Å². The number of nitrogens with one attached hydrogen (secondary N) is 1. The van der Waals surface area contributed by atoms with Crippen molar-refractivity contribution >= 4 is 17.8 Å². The number of benzene rings is 2. The van der Waals surface area contributed by atoms with Gasteiger partial charge in [-0.05, 0) is 17.5 Å². The zero-order chi connectivity index (χ0) is 22.6. The number of rotatable bonds is 11. The first-order valence-electron chi connectivity index (χ1n) is 10.2. The highest BCUT2D eigenvalue weighted by molar-refractivity contribution is 5.84. The van der Waals surface area contributed by atoms with Gasteiger partial charge in [0.1, 0.15) is 12.4 Å². The highest BCUT2D eigenvalue weighted by atomic mass is 16.5. The van der Waals surface area contributed by atoms with Gasteiger partial charge in [0.05, 0.1) is 25.2 Å². The molecule has 2 aromatic rings. The molecule has 7 nitrogen and oxygen atoms in total. The first kappa shape index (κ1) is 24.1. The van der Waals surface area contributed by atoms with Crippen molar-refractivity contribution in [1.82, 2.24) is 5.32 Å². The summed E-state index contributed by atoms with van der Waals surface area (Å²) in [7, 11) is 1.20. The van der Waals surface area contributed by atoms with Crippen molar-refractivity contribution in [3.8, 4) is 0 Å². The van der Waals surface area contributed by atoms with E-state index in [0.29, 0.717) is 0 Å². The van der Waals surface area contributed by atoms with E-state index >= 15 is 0 Å². The average Bonchev–Trinajstić information content (AvgIpc) is 2.81. The standard InChI is InChI=1S/C24H29NO6/c1-3-19(26)15-20(23(28)30-2)22(27)21(14-17-10-6-4-7-11-17)25-24(29)31-16-18-12-8-5-9-13-18/h4-13,20-22,27H,3,14-16H2,1-2H3,(H,25,29)/t20?,21-,22?/m0/s1. The molecule has 2 aromatic carbocycles. The Morgan fingerprint density at radius 3 is 2.10 bits per heavy atom. The maximum atomic E-state index is 12.4. The van der Waals surface area contributed by atoms with Gasteiger partial charge in [-0.3, -0.25) is 9.59 Å². The van der Waals surface area contributed by atoms with Gasteiger partial charge >= 0.3 is 12.1 Å². The first-order valence-corrected chi connectivity index (χ1v) is 10.2. The van der Waals surface area contributed by atoms with E-state index in [9.17, 15) is 19.5 Å². The number of alkyl carbamates (subject to hydrolysis) is 1. The molecule has 0 aliphatic rings. The number of carbonyl (C=O) groups is 3. The number of methoxy groups -OCH3 is 1. The summed E-state index contributed by atoms with van der Waals surface area (Å²) in [5.41, 5.74) is 1.67. The van der Waals surface area contributed by atoms with Crippen LogP contribution in [-0.2, 0) is 32.1 Å². The molecule has 0 aliphatic carbocycles. The molecule has 0 radical (unpaired) electrons. The number of amides is 1. The fourth-order valence-electron chi connectivity index (χ4n) is 3.21. The van der Waals surface area contributed by atoms with E-state index in [0.717, 1.165) is 11.1 Å². The molecule has 0 fully saturated rings. The maximum Gasteiger partial charge on any atom is 0.407 e. The van der Waals surface area contributed by atoms with E-state index in [2.05, 4.69) is 5.32 Å². The third-order valence-corrected chi connectivity index (χ3v) is 4.98. The molecule has 2 unspecified atom stereocenters. The Kier molecular flexibility index (Phi) is 9.71. The third-order valence-electron chi connectivity index (χ3n) is 4.98. The summed E-state index contributed by atoms with van der Waals surface area (Å²) >= 11 is 0. The molecule has 0 saturated carbocycles. The second kappa shape index (κ2) is 12.5. The molecule has 1 amide bonds. The lowest BCUT2D eigenvalue weighted by Gasteiger charge is -2.29. The smallest absolute Gasteiger partial charge is 0.407 e. The summed E-state index contributed by atoms with van der Waals surface area (Å²) in [6.45, 7) is 1.75. The van der Waals surface area contributed by atoms with Crippen LogP contribution in [0.15, 0.2) is 60.7 Å². The van der Waals surface area contributed by atoms with Crippen LogP contribution >= 0.6 is 0 Å². The largest absolute Gasteiger partial charge is 0.469 e. The molecule has 31 heavy (non-hydrogen) atoms. The highest BCUT2D eigenvalue weighted by Crippen LogP contribution is 2.19. The Bertz CT molecular complexity index is 840. The molecule has 0 aromatic heterocycles. The van der Waals surface area contributed by atoms with Gasteiger partial charge in [0.25, 0.3) is 0 Å². The van der Waals surface area contributed by atoms with E-state index in [4.69, 9.17) is 9.47 Å². The van der Waals surface area contributed by atoms with Crippen molar-refractivity contribution in [1.29, 1.82) is 0 Å². The van der Waals surface area contributed by atoms with E-state index in [1.54, 1.807) is 6.92 Å². The number of esters is 1. The number of hydrogen-bond acceptors (Lipinski definition) is 6. The number of aliphatic hydroxyl groups excluding tert-OH is 1. The highest BCUT2D eigenvalue weighted by Gasteiger charge is 2.36. The lowest BCUT2D eigenvalue weighted by Crippen LogP contribution is -2.50. The van der Waals surface area contributed by atoms with Crippen molar-refractivity contribution in [3.63, 3.8) is 0 Å². The minimum atomic E-state index is -1.34. The van der Waals surface area contributed by atoms with E-state index in [1.807, 2.05) is 60.7 Å². The van der Waals surface area contributed by atoms with Crippen molar-refractivity contribution in [2.75, 3.05) is 7.11 Å². The number of aliphatic hydroxyl groups is 1. The number of ketones is 1. The third kappa shape index (κ3) is 7.86. The molecular formula is C24H29NO6. The first-order chi connectivity index (χ1) is 14.9. The lowest BCUT2D eigenvalue weighted by atomic mass is 9.88. The topological polar surface area (TPSA) is 102 Å². The summed E-state index contributed by atoms with van der Waals surface area (Å²) in [5.74, 6) is -1.98. The molecule has 2 N–H and O–H groups in total. The van der Waals surface area contributed by atoms with Gasteiger partial charge in [-0.25, -0.2) is 4.79 Å². The lowest BCUT2D eigenvalue weighted by molar-refractivity contribution is -0.152. The molecule has 7 heteroatoms. The van der Waals surface area contributed by atoms with Crippen LogP contribution in [0.4, 0.5) is 4.79 Å². The second-order valence-electron chi connectivity index (χ2n) is 7.22. The number of ether oxygens (including phenoxy) is 2. The molecule has 0 saturated heterocycles. The van der Waals surface area contributed by atoms with E-state index in [1.165, 1.54) is 7.11 Å². The second-order valence-corrected chi connectivity index (χ2v) is 7.22. The predicted octanol–water partition coefficient (Wildman–Crippen LogP) is 3.04. The van der Waals surface area contributed by atoms with Gasteiger partial charge < -0.3 is 19.9 Å². The fourth-order valence-corrected chi connectivity index (χ4v) is 3.21. The van der Waals surface area contributed by atoms with Gasteiger partial charge in [-0.15, -0.1) is 0 Å². The van der Waals surface area contributed by atoms with Gasteiger partial charge in [-0.2, -0.15) is 0 Å². The van der Waals surface area contributed by atoms with E-state index in [-0.39, 0.29) is 31.7 Å². The van der Waals surface area contributed by atoms with Crippen LogP contribution in [0.25, 0.3) is 0 Å². The van der Waals surface area contributed by atoms with Crippen LogP contribution in [0, 0.1) is 5.92 Å². The van der Waals surface area contributed by atoms with Gasteiger partial charge in [-0.1, -0.05) is 67.6 Å². The minimum absolute atomic E-state index is 0.0651. The van der Waals surface area contributed by atoms with Crippen LogP contribution < -0.4 is 5.32 Å². The van der Waals surface area contributed by atoms with Crippen molar-refractivity contribution in [2.24, 2.45) is 5.92 Å². The van der Waals surface area contributed by atoms with Crippen LogP contribution in [0.3, 0.4) is 0 Å². The van der Waals surface area contributed by atoms with Crippen LogP contribution in [0.1, 0.15) is 30.9 Å². The van der Waals surface area contributed by atoms with Crippen molar-refractivity contribution in [3.05, 3.63) is 71.8 Å². The minimum Gasteiger partial charge on any atom is -0.469 e. The Balaban J connectivity index is 2.16. The van der Waals surface area contributed by atoms with Gasteiger partial charge in [0, 0.05) is 12.8 Å². The average molecular weight is 427 g/mol. The number of carbonyl (C=O) groups excluding carboxylic acids is 3. The molecule has 166 valence electrons. The number of Topliss-reactive ketones (excluding diaryl/α,β-unsaturated/α-hetero) is 1. The monoisotopic (exact) mass is 427 g/mol. The molecule has 0 heterocycles. The SMILES string of the molecule is CCC(=O)CC(C(=O)OC)C(O)[C@H](Cc1ccccc1)NC(=O)OCc1ccccc1.